The lowest BCUT2D eigenvalue weighted by atomic mass is 10.2. The summed E-state index contributed by atoms with van der Waals surface area (Å²) in [6.07, 6.45) is 2.56. The van der Waals surface area contributed by atoms with Gasteiger partial charge in [0, 0.05) is 11.4 Å². The smallest absolute Gasteiger partial charge is 0.149 e. The van der Waals surface area contributed by atoms with E-state index < -0.39 is 0 Å². The third-order valence-corrected chi connectivity index (χ3v) is 4.48. The summed E-state index contributed by atoms with van der Waals surface area (Å²) in [6.45, 7) is 0.778. The number of methoxy groups -OCH3 is 1. The third kappa shape index (κ3) is 2.31. The lowest BCUT2D eigenvalue weighted by Gasteiger charge is -2.04. The summed E-state index contributed by atoms with van der Waals surface area (Å²) in [5.41, 5.74) is 0.857. The number of fused-ring (bicyclic) bond motifs is 1. The fourth-order valence-electron chi connectivity index (χ4n) is 1.93. The minimum Gasteiger partial charge on any atom is -0.496 e. The predicted molar refractivity (Wildman–Crippen MR) is 78.0 cm³/mol. The van der Waals surface area contributed by atoms with Gasteiger partial charge in [-0.05, 0) is 56.8 Å². The molecule has 18 heavy (non-hydrogen) atoms. The molecule has 1 aliphatic carbocycles. The van der Waals surface area contributed by atoms with Crippen molar-refractivity contribution < 1.29 is 9.15 Å². The highest BCUT2D eigenvalue weighted by molar-refractivity contribution is 9.11. The van der Waals surface area contributed by atoms with Gasteiger partial charge in [-0.2, -0.15) is 0 Å². The van der Waals surface area contributed by atoms with Crippen LogP contribution in [-0.4, -0.2) is 13.2 Å². The molecule has 3 nitrogen and oxygen atoms in total. The Morgan fingerprint density at radius 2 is 2.17 bits per heavy atom. The van der Waals surface area contributed by atoms with Crippen LogP contribution in [0.2, 0.25) is 0 Å². The Hall–Kier alpha value is -0.520. The van der Waals surface area contributed by atoms with Crippen molar-refractivity contribution in [1.82, 2.24) is 5.32 Å². The second kappa shape index (κ2) is 4.87. The van der Waals surface area contributed by atoms with Gasteiger partial charge in [0.15, 0.2) is 0 Å². The molecule has 2 aromatic rings. The summed E-state index contributed by atoms with van der Waals surface area (Å²) in [6, 6.07) is 4.65. The van der Waals surface area contributed by atoms with Gasteiger partial charge in [0.05, 0.1) is 22.6 Å². The molecule has 1 fully saturated rings. The molecule has 0 saturated heterocycles. The van der Waals surface area contributed by atoms with Crippen LogP contribution in [0.5, 0.6) is 5.75 Å². The maximum absolute atomic E-state index is 5.86. The van der Waals surface area contributed by atoms with E-state index in [-0.39, 0.29) is 0 Å². The summed E-state index contributed by atoms with van der Waals surface area (Å²) in [5.74, 6) is 1.75. The normalized spacial score (nSPS) is 15.3. The fourth-order valence-corrected chi connectivity index (χ4v) is 3.00. The van der Waals surface area contributed by atoms with Crippen LogP contribution in [0.25, 0.3) is 11.0 Å². The van der Waals surface area contributed by atoms with E-state index in [1.54, 1.807) is 7.11 Å². The maximum Gasteiger partial charge on any atom is 0.149 e. The Kier molecular flexibility index (Phi) is 3.38. The Morgan fingerprint density at radius 3 is 2.83 bits per heavy atom. The maximum atomic E-state index is 5.86. The lowest BCUT2D eigenvalue weighted by molar-refractivity contribution is 0.412. The van der Waals surface area contributed by atoms with Crippen molar-refractivity contribution in [2.24, 2.45) is 0 Å². The number of halogens is 2. The van der Waals surface area contributed by atoms with Crippen LogP contribution in [0.1, 0.15) is 18.6 Å². The molecule has 0 atom stereocenters. The number of ether oxygens (including phenoxy) is 1. The molecule has 3 rings (SSSR count). The van der Waals surface area contributed by atoms with Crippen molar-refractivity contribution in [2.45, 2.75) is 25.4 Å². The van der Waals surface area contributed by atoms with E-state index in [0.29, 0.717) is 6.04 Å². The molecule has 0 unspecified atom stereocenters. The Balaban J connectivity index is 1.98. The molecule has 0 spiro atoms. The monoisotopic (exact) mass is 373 g/mol. The molecule has 5 heteroatoms. The van der Waals surface area contributed by atoms with Crippen LogP contribution >= 0.6 is 31.9 Å². The SMILES string of the molecule is COc1cc(Br)c2oc(CNC3CC3)cc2c1Br. The molecule has 0 amide bonds. The van der Waals surface area contributed by atoms with E-state index >= 15 is 0 Å². The van der Waals surface area contributed by atoms with Crippen molar-refractivity contribution in [3.63, 3.8) is 0 Å². The standard InChI is InChI=1S/C13H13Br2NO2/c1-17-11-5-10(14)13-9(12(11)15)4-8(18-13)6-16-7-2-3-7/h4-5,7,16H,2-3,6H2,1H3. The third-order valence-electron chi connectivity index (χ3n) is 3.07. The minimum atomic E-state index is 0.680. The number of hydrogen-bond donors (Lipinski definition) is 1. The molecular weight excluding hydrogens is 362 g/mol. The molecule has 96 valence electrons. The van der Waals surface area contributed by atoms with Crippen molar-refractivity contribution in [1.29, 1.82) is 0 Å². The molecular formula is C13H13Br2NO2. The van der Waals surface area contributed by atoms with Crippen LogP contribution in [-0.2, 0) is 6.54 Å². The molecule has 0 bridgehead atoms. The van der Waals surface area contributed by atoms with E-state index in [2.05, 4.69) is 43.2 Å². The van der Waals surface area contributed by atoms with E-state index in [9.17, 15) is 0 Å². The predicted octanol–water partition coefficient (Wildman–Crippen LogP) is 4.22. The van der Waals surface area contributed by atoms with Gasteiger partial charge in [0.25, 0.3) is 0 Å². The van der Waals surface area contributed by atoms with Gasteiger partial charge in [-0.3, -0.25) is 0 Å². The van der Waals surface area contributed by atoms with Crippen molar-refractivity contribution >= 4 is 42.8 Å². The second-order valence-corrected chi connectivity index (χ2v) is 6.13. The zero-order valence-corrected chi connectivity index (χ0v) is 13.1. The van der Waals surface area contributed by atoms with E-state index in [1.807, 2.05) is 6.07 Å². The zero-order chi connectivity index (χ0) is 12.7. The number of nitrogens with one attached hydrogen (secondary N) is 1. The molecule has 1 saturated carbocycles. The number of hydrogen-bond acceptors (Lipinski definition) is 3. The summed E-state index contributed by atoms with van der Waals surface area (Å²) >= 11 is 7.07. The number of benzene rings is 1. The Morgan fingerprint density at radius 1 is 1.39 bits per heavy atom. The van der Waals surface area contributed by atoms with Gasteiger partial charge in [0.2, 0.25) is 0 Å². The summed E-state index contributed by atoms with van der Waals surface area (Å²) in [5, 5.41) is 4.48. The molecule has 1 heterocycles. The second-order valence-electron chi connectivity index (χ2n) is 4.49. The average Bonchev–Trinajstić information content (AvgIpc) is 3.09. The van der Waals surface area contributed by atoms with Gasteiger partial charge in [-0.1, -0.05) is 0 Å². The lowest BCUT2D eigenvalue weighted by Crippen LogP contribution is -2.14. The Labute approximate surface area is 122 Å². The van der Waals surface area contributed by atoms with Crippen LogP contribution < -0.4 is 10.1 Å². The van der Waals surface area contributed by atoms with Crippen molar-refractivity contribution in [3.05, 3.63) is 26.8 Å². The quantitative estimate of drug-likeness (QED) is 0.869. The van der Waals surface area contributed by atoms with E-state index in [4.69, 9.17) is 9.15 Å². The fraction of sp³-hybridized carbons (Fsp3) is 0.385. The van der Waals surface area contributed by atoms with Crippen molar-refractivity contribution in [3.8, 4) is 5.75 Å². The Bertz CT molecular complexity index is 590. The average molecular weight is 375 g/mol. The summed E-state index contributed by atoms with van der Waals surface area (Å²) in [7, 11) is 1.66. The van der Waals surface area contributed by atoms with Crippen molar-refractivity contribution in [2.75, 3.05) is 7.11 Å². The highest BCUT2D eigenvalue weighted by atomic mass is 79.9. The minimum absolute atomic E-state index is 0.680. The highest BCUT2D eigenvalue weighted by Crippen LogP contribution is 2.39. The summed E-state index contributed by atoms with van der Waals surface area (Å²) in [4.78, 5) is 0. The largest absolute Gasteiger partial charge is 0.496 e. The van der Waals surface area contributed by atoms with E-state index in [0.717, 1.165) is 38.0 Å². The molecule has 1 aromatic carbocycles. The first-order valence-electron chi connectivity index (χ1n) is 5.87. The van der Waals surface area contributed by atoms with Crippen LogP contribution in [0.3, 0.4) is 0 Å². The first-order valence-corrected chi connectivity index (χ1v) is 7.45. The molecule has 1 aromatic heterocycles. The van der Waals surface area contributed by atoms with Crippen LogP contribution in [0, 0.1) is 0 Å². The van der Waals surface area contributed by atoms with Gasteiger partial charge >= 0.3 is 0 Å². The van der Waals surface area contributed by atoms with Crippen LogP contribution in [0.15, 0.2) is 25.5 Å². The molecule has 1 N–H and O–H groups in total. The topological polar surface area (TPSA) is 34.4 Å². The first kappa shape index (κ1) is 12.5. The zero-order valence-electron chi connectivity index (χ0n) is 9.93. The van der Waals surface area contributed by atoms with Gasteiger partial charge in [-0.15, -0.1) is 0 Å². The number of rotatable bonds is 4. The van der Waals surface area contributed by atoms with E-state index in [1.165, 1.54) is 12.8 Å². The molecule has 0 radical (unpaired) electrons. The summed E-state index contributed by atoms with van der Waals surface area (Å²) < 4.78 is 13.0. The number of furan rings is 1. The highest BCUT2D eigenvalue weighted by Gasteiger charge is 2.21. The first-order chi connectivity index (χ1) is 8.69. The van der Waals surface area contributed by atoms with Gasteiger partial charge in [0.1, 0.15) is 17.1 Å². The van der Waals surface area contributed by atoms with Gasteiger partial charge < -0.3 is 14.5 Å². The molecule has 1 aliphatic rings. The van der Waals surface area contributed by atoms with Gasteiger partial charge in [-0.25, -0.2) is 0 Å². The molecule has 0 aliphatic heterocycles. The van der Waals surface area contributed by atoms with Crippen LogP contribution in [0.4, 0.5) is 0 Å².